The van der Waals surface area contributed by atoms with E-state index in [1.807, 2.05) is 6.92 Å². The Hall–Kier alpha value is -2.22. The van der Waals surface area contributed by atoms with E-state index in [4.69, 9.17) is 19.8 Å². The molecule has 0 saturated carbocycles. The van der Waals surface area contributed by atoms with E-state index in [2.05, 4.69) is 26.3 Å². The van der Waals surface area contributed by atoms with Crippen LogP contribution in [0.2, 0.25) is 0 Å². The van der Waals surface area contributed by atoms with Crippen molar-refractivity contribution >= 4 is 39.3 Å². The fourth-order valence-electron chi connectivity index (χ4n) is 2.29. The van der Waals surface area contributed by atoms with E-state index in [0.29, 0.717) is 0 Å². The molecule has 2 N–H and O–H groups in total. The van der Waals surface area contributed by atoms with E-state index in [0.717, 1.165) is 29.6 Å². The second-order valence-corrected chi connectivity index (χ2v) is 5.79. The summed E-state index contributed by atoms with van der Waals surface area (Å²) in [6.45, 7) is 4.26. The maximum Gasteiger partial charge on any atom is 0.414 e. The summed E-state index contributed by atoms with van der Waals surface area (Å²) in [6.07, 6.45) is 3.93. The lowest BCUT2D eigenvalue weighted by molar-refractivity contribution is -0.159. The molecule has 1 aliphatic rings. The fraction of sp³-hybridized carbons (Fsp3) is 0.429. The van der Waals surface area contributed by atoms with Gasteiger partial charge >= 0.3 is 11.9 Å². The van der Waals surface area contributed by atoms with Gasteiger partial charge in [-0.1, -0.05) is 0 Å². The summed E-state index contributed by atoms with van der Waals surface area (Å²) in [7, 11) is 0. The average molecular weight is 323 g/mol. The Morgan fingerprint density at radius 1 is 1.14 bits per heavy atom. The van der Waals surface area contributed by atoms with Gasteiger partial charge in [0.25, 0.3) is 0 Å². The number of aliphatic carboxylic acids is 2. The van der Waals surface area contributed by atoms with E-state index in [9.17, 15) is 0 Å². The Bertz CT molecular complexity index is 668. The summed E-state index contributed by atoms with van der Waals surface area (Å²) >= 11 is 1.70. The summed E-state index contributed by atoms with van der Waals surface area (Å²) in [5.74, 6) is -1.62. The molecule has 0 unspecified atom stereocenters. The number of carboxylic acid groups (broad SMARTS) is 2. The summed E-state index contributed by atoms with van der Waals surface area (Å²) in [4.78, 5) is 30.8. The average Bonchev–Trinajstić information content (AvgIpc) is 2.96. The van der Waals surface area contributed by atoms with E-state index in [1.165, 1.54) is 24.6 Å². The molecule has 2 aromatic rings. The molecule has 1 saturated heterocycles. The van der Waals surface area contributed by atoms with Crippen LogP contribution in [0.15, 0.2) is 11.4 Å². The van der Waals surface area contributed by atoms with Gasteiger partial charge in [0, 0.05) is 13.1 Å². The number of aromatic nitrogens is 2. The zero-order valence-electron chi connectivity index (χ0n) is 12.2. The van der Waals surface area contributed by atoms with Crippen LogP contribution in [0.1, 0.15) is 25.1 Å². The van der Waals surface area contributed by atoms with Crippen LogP contribution < -0.4 is 4.90 Å². The van der Waals surface area contributed by atoms with Crippen LogP contribution in [0, 0.1) is 6.92 Å². The van der Waals surface area contributed by atoms with E-state index in [1.54, 1.807) is 11.3 Å². The molecular formula is C14H17N3O4S. The molecule has 8 heteroatoms. The normalized spacial score (nSPS) is 14.3. The first-order valence-electron chi connectivity index (χ1n) is 6.92. The zero-order valence-corrected chi connectivity index (χ0v) is 13.0. The number of aryl methyl sites for hydroxylation is 1. The molecular weight excluding hydrogens is 306 g/mol. The molecule has 0 radical (unpaired) electrons. The third-order valence-corrected chi connectivity index (χ3v) is 4.06. The van der Waals surface area contributed by atoms with Crippen LogP contribution in [0.25, 0.3) is 10.2 Å². The molecule has 118 valence electrons. The molecule has 0 aromatic carbocycles. The number of nitrogens with zero attached hydrogens (tertiary/aromatic N) is 3. The highest BCUT2D eigenvalue weighted by Crippen LogP contribution is 2.29. The van der Waals surface area contributed by atoms with Gasteiger partial charge in [-0.15, -0.1) is 11.3 Å². The third kappa shape index (κ3) is 3.91. The molecule has 0 aliphatic carbocycles. The smallest absolute Gasteiger partial charge is 0.414 e. The molecule has 0 spiro atoms. The van der Waals surface area contributed by atoms with E-state index in [-0.39, 0.29) is 0 Å². The number of hydrogen-bond donors (Lipinski definition) is 2. The number of carboxylic acids is 2. The highest BCUT2D eigenvalue weighted by molar-refractivity contribution is 7.16. The minimum atomic E-state index is -1.82. The molecule has 3 rings (SSSR count). The van der Waals surface area contributed by atoms with Gasteiger partial charge in [0.05, 0.1) is 5.39 Å². The Balaban J connectivity index is 0.000000254. The van der Waals surface area contributed by atoms with E-state index >= 15 is 0 Å². The Morgan fingerprint density at radius 2 is 1.77 bits per heavy atom. The van der Waals surface area contributed by atoms with Gasteiger partial charge in [-0.25, -0.2) is 19.6 Å². The van der Waals surface area contributed by atoms with Crippen LogP contribution in [0.3, 0.4) is 0 Å². The molecule has 1 fully saturated rings. The van der Waals surface area contributed by atoms with Crippen molar-refractivity contribution in [2.24, 2.45) is 0 Å². The first kappa shape index (κ1) is 16.2. The minimum Gasteiger partial charge on any atom is -0.473 e. The van der Waals surface area contributed by atoms with E-state index < -0.39 is 11.9 Å². The Labute approximate surface area is 131 Å². The van der Waals surface area contributed by atoms with Gasteiger partial charge in [0.1, 0.15) is 16.5 Å². The topological polar surface area (TPSA) is 104 Å². The lowest BCUT2D eigenvalue weighted by atomic mass is 10.1. The van der Waals surface area contributed by atoms with Crippen LogP contribution in [-0.4, -0.2) is 45.2 Å². The second-order valence-electron chi connectivity index (χ2n) is 4.89. The summed E-state index contributed by atoms with van der Waals surface area (Å²) in [6, 6.07) is 2.14. The third-order valence-electron chi connectivity index (χ3n) is 3.26. The molecule has 7 nitrogen and oxygen atoms in total. The van der Waals surface area contributed by atoms with Gasteiger partial charge in [-0.2, -0.15) is 0 Å². The first-order valence-corrected chi connectivity index (χ1v) is 7.80. The van der Waals surface area contributed by atoms with Crippen molar-refractivity contribution in [2.75, 3.05) is 18.0 Å². The maximum absolute atomic E-state index is 9.10. The summed E-state index contributed by atoms with van der Waals surface area (Å²) < 4.78 is 0. The Morgan fingerprint density at radius 3 is 2.36 bits per heavy atom. The van der Waals surface area contributed by atoms with Crippen LogP contribution >= 0.6 is 11.3 Å². The van der Waals surface area contributed by atoms with Gasteiger partial charge in [0.2, 0.25) is 0 Å². The van der Waals surface area contributed by atoms with Gasteiger partial charge in [0.15, 0.2) is 0 Å². The molecule has 0 amide bonds. The molecule has 0 bridgehead atoms. The monoisotopic (exact) mass is 323 g/mol. The molecule has 22 heavy (non-hydrogen) atoms. The predicted octanol–water partition coefficient (Wildman–Crippen LogP) is 2.15. The van der Waals surface area contributed by atoms with Gasteiger partial charge in [-0.3, -0.25) is 0 Å². The molecule has 1 aliphatic heterocycles. The van der Waals surface area contributed by atoms with Crippen LogP contribution in [0.5, 0.6) is 0 Å². The van der Waals surface area contributed by atoms with Crippen molar-refractivity contribution in [3.05, 3.63) is 17.3 Å². The Kier molecular flexibility index (Phi) is 5.26. The standard InChI is InChI=1S/C12H15N3S.C2H2O4/c1-9-13-11(15-6-3-2-4-7-15)10-5-8-16-12(10)14-9;3-1(4)2(5)6/h5,8H,2-4,6-7H2,1H3;(H,3,4)(H,5,6). The van der Waals surface area contributed by atoms with Crippen molar-refractivity contribution in [3.63, 3.8) is 0 Å². The van der Waals surface area contributed by atoms with Crippen molar-refractivity contribution < 1.29 is 19.8 Å². The number of fused-ring (bicyclic) bond motifs is 1. The highest BCUT2D eigenvalue weighted by atomic mass is 32.1. The maximum atomic E-state index is 9.10. The quantitative estimate of drug-likeness (QED) is 0.775. The number of hydrogen-bond acceptors (Lipinski definition) is 6. The van der Waals surface area contributed by atoms with Crippen molar-refractivity contribution in [3.8, 4) is 0 Å². The predicted molar refractivity (Wildman–Crippen MR) is 83.5 cm³/mol. The fourth-order valence-corrected chi connectivity index (χ4v) is 3.09. The lowest BCUT2D eigenvalue weighted by Crippen LogP contribution is -2.30. The van der Waals surface area contributed by atoms with Crippen molar-refractivity contribution in [1.82, 2.24) is 9.97 Å². The largest absolute Gasteiger partial charge is 0.473 e. The molecule has 3 heterocycles. The molecule has 0 atom stereocenters. The lowest BCUT2D eigenvalue weighted by Gasteiger charge is -2.28. The summed E-state index contributed by atoms with van der Waals surface area (Å²) in [5.41, 5.74) is 0. The SMILES string of the molecule is Cc1nc(N2CCCCC2)c2ccsc2n1.O=C(O)C(=O)O. The van der Waals surface area contributed by atoms with Crippen molar-refractivity contribution in [2.45, 2.75) is 26.2 Å². The second kappa shape index (κ2) is 7.17. The van der Waals surface area contributed by atoms with Crippen LogP contribution in [-0.2, 0) is 9.59 Å². The number of rotatable bonds is 1. The van der Waals surface area contributed by atoms with Gasteiger partial charge in [-0.05, 0) is 37.6 Å². The van der Waals surface area contributed by atoms with Crippen molar-refractivity contribution in [1.29, 1.82) is 0 Å². The highest BCUT2D eigenvalue weighted by Gasteiger charge is 2.16. The number of piperidine rings is 1. The number of thiophene rings is 1. The first-order chi connectivity index (χ1) is 10.5. The van der Waals surface area contributed by atoms with Crippen LogP contribution in [0.4, 0.5) is 5.82 Å². The minimum absolute atomic E-state index is 0.885. The number of carbonyl (C=O) groups is 2. The molecule has 2 aromatic heterocycles. The van der Waals surface area contributed by atoms with Gasteiger partial charge < -0.3 is 15.1 Å². The summed E-state index contributed by atoms with van der Waals surface area (Å²) in [5, 5.41) is 18.1. The zero-order chi connectivity index (χ0) is 16.1. The number of anilines is 1.